The summed E-state index contributed by atoms with van der Waals surface area (Å²) in [6, 6.07) is 6.63. The number of ether oxygens (including phenoxy) is 1. The number of hydrogen-bond donors (Lipinski definition) is 1. The first-order valence-electron chi connectivity index (χ1n) is 7.26. The van der Waals surface area contributed by atoms with Crippen molar-refractivity contribution in [2.45, 2.75) is 44.6 Å². The van der Waals surface area contributed by atoms with Crippen molar-refractivity contribution in [3.05, 3.63) is 29.3 Å². The highest BCUT2D eigenvalue weighted by Gasteiger charge is 2.28. The SMILES string of the molecule is COc1ccc2c(c1)CNCC2C1CCCCC1. The summed E-state index contributed by atoms with van der Waals surface area (Å²) in [5, 5.41) is 3.58. The van der Waals surface area contributed by atoms with Crippen LogP contribution in [0, 0.1) is 5.92 Å². The third kappa shape index (κ3) is 2.26. The van der Waals surface area contributed by atoms with Crippen LogP contribution < -0.4 is 10.1 Å². The lowest BCUT2D eigenvalue weighted by atomic mass is 9.74. The lowest BCUT2D eigenvalue weighted by Gasteiger charge is -2.35. The van der Waals surface area contributed by atoms with Crippen molar-refractivity contribution in [1.29, 1.82) is 0 Å². The highest BCUT2D eigenvalue weighted by molar-refractivity contribution is 5.39. The van der Waals surface area contributed by atoms with E-state index in [-0.39, 0.29) is 0 Å². The Labute approximate surface area is 110 Å². The number of benzene rings is 1. The molecule has 1 aliphatic carbocycles. The van der Waals surface area contributed by atoms with Gasteiger partial charge in [-0.15, -0.1) is 0 Å². The van der Waals surface area contributed by atoms with Crippen LogP contribution >= 0.6 is 0 Å². The number of hydrogen-bond acceptors (Lipinski definition) is 2. The molecule has 1 fully saturated rings. The van der Waals surface area contributed by atoms with Crippen molar-refractivity contribution in [3.63, 3.8) is 0 Å². The standard InChI is InChI=1S/C16H23NO/c1-18-14-7-8-15-13(9-14)10-17-11-16(15)12-5-3-2-4-6-12/h7-9,12,16-17H,2-6,10-11H2,1H3. The van der Waals surface area contributed by atoms with E-state index in [1.807, 2.05) is 0 Å². The molecule has 0 spiro atoms. The average molecular weight is 245 g/mol. The Morgan fingerprint density at radius 3 is 2.78 bits per heavy atom. The van der Waals surface area contributed by atoms with E-state index in [1.165, 1.54) is 37.7 Å². The van der Waals surface area contributed by atoms with Gasteiger partial charge in [-0.2, -0.15) is 0 Å². The van der Waals surface area contributed by atoms with Gasteiger partial charge in [-0.3, -0.25) is 0 Å². The van der Waals surface area contributed by atoms with Gasteiger partial charge in [0.15, 0.2) is 0 Å². The van der Waals surface area contributed by atoms with Crippen LogP contribution in [0.4, 0.5) is 0 Å². The van der Waals surface area contributed by atoms with Gasteiger partial charge in [0.1, 0.15) is 5.75 Å². The fourth-order valence-corrected chi connectivity index (χ4v) is 3.65. The fourth-order valence-electron chi connectivity index (χ4n) is 3.65. The second kappa shape index (κ2) is 5.31. The largest absolute Gasteiger partial charge is 0.497 e. The summed E-state index contributed by atoms with van der Waals surface area (Å²) in [4.78, 5) is 0. The lowest BCUT2D eigenvalue weighted by molar-refractivity contribution is 0.288. The molecular weight excluding hydrogens is 222 g/mol. The number of rotatable bonds is 2. The van der Waals surface area contributed by atoms with Crippen molar-refractivity contribution in [1.82, 2.24) is 5.32 Å². The van der Waals surface area contributed by atoms with Gasteiger partial charge in [0.25, 0.3) is 0 Å². The van der Waals surface area contributed by atoms with E-state index in [9.17, 15) is 0 Å². The summed E-state index contributed by atoms with van der Waals surface area (Å²) in [7, 11) is 1.75. The van der Waals surface area contributed by atoms with Crippen molar-refractivity contribution < 1.29 is 4.74 Å². The maximum Gasteiger partial charge on any atom is 0.119 e. The number of fused-ring (bicyclic) bond motifs is 1. The maximum atomic E-state index is 5.33. The zero-order valence-electron chi connectivity index (χ0n) is 11.2. The van der Waals surface area contributed by atoms with Gasteiger partial charge in [-0.05, 0) is 47.9 Å². The highest BCUT2D eigenvalue weighted by Crippen LogP contribution is 2.39. The summed E-state index contributed by atoms with van der Waals surface area (Å²) < 4.78 is 5.33. The minimum Gasteiger partial charge on any atom is -0.497 e. The molecule has 1 unspecified atom stereocenters. The van der Waals surface area contributed by atoms with Crippen LogP contribution in [0.3, 0.4) is 0 Å². The lowest BCUT2D eigenvalue weighted by Crippen LogP contribution is -2.33. The molecule has 0 saturated heterocycles. The zero-order valence-corrected chi connectivity index (χ0v) is 11.2. The van der Waals surface area contributed by atoms with Crippen molar-refractivity contribution >= 4 is 0 Å². The van der Waals surface area contributed by atoms with Gasteiger partial charge in [-0.25, -0.2) is 0 Å². The Kier molecular flexibility index (Phi) is 3.55. The predicted molar refractivity (Wildman–Crippen MR) is 74.0 cm³/mol. The number of methoxy groups -OCH3 is 1. The van der Waals surface area contributed by atoms with Crippen LogP contribution in [0.25, 0.3) is 0 Å². The molecular formula is C16H23NO. The van der Waals surface area contributed by atoms with Gasteiger partial charge >= 0.3 is 0 Å². The molecule has 2 aliphatic rings. The van der Waals surface area contributed by atoms with E-state index in [0.717, 1.165) is 30.7 Å². The summed E-state index contributed by atoms with van der Waals surface area (Å²) in [5.41, 5.74) is 3.01. The Bertz CT molecular complexity index is 410. The van der Waals surface area contributed by atoms with Gasteiger partial charge in [0, 0.05) is 13.1 Å². The van der Waals surface area contributed by atoms with E-state index >= 15 is 0 Å². The molecule has 0 amide bonds. The molecule has 0 aromatic heterocycles. The molecule has 18 heavy (non-hydrogen) atoms. The molecule has 98 valence electrons. The van der Waals surface area contributed by atoms with Crippen molar-refractivity contribution in [2.75, 3.05) is 13.7 Å². The van der Waals surface area contributed by atoms with Gasteiger partial charge in [0.05, 0.1) is 7.11 Å². The first-order chi connectivity index (χ1) is 8.88. The van der Waals surface area contributed by atoms with E-state index < -0.39 is 0 Å². The second-order valence-corrected chi connectivity index (χ2v) is 5.70. The summed E-state index contributed by atoms with van der Waals surface area (Å²) in [5.74, 6) is 2.60. The van der Waals surface area contributed by atoms with Gasteiger partial charge < -0.3 is 10.1 Å². The highest BCUT2D eigenvalue weighted by atomic mass is 16.5. The minimum absolute atomic E-state index is 0.722. The van der Waals surface area contributed by atoms with Gasteiger partial charge in [0.2, 0.25) is 0 Å². The summed E-state index contributed by atoms with van der Waals surface area (Å²) in [6.07, 6.45) is 7.11. The molecule has 1 aromatic carbocycles. The van der Waals surface area contributed by atoms with Gasteiger partial charge in [-0.1, -0.05) is 25.3 Å². The Morgan fingerprint density at radius 2 is 2.00 bits per heavy atom. The maximum absolute atomic E-state index is 5.33. The molecule has 1 aliphatic heterocycles. The molecule has 0 radical (unpaired) electrons. The van der Waals surface area contributed by atoms with Crippen LogP contribution in [0.2, 0.25) is 0 Å². The Balaban J connectivity index is 1.86. The molecule has 1 heterocycles. The average Bonchev–Trinajstić information content (AvgIpc) is 2.47. The Hall–Kier alpha value is -1.02. The third-order valence-electron chi connectivity index (χ3n) is 4.65. The first-order valence-corrected chi connectivity index (χ1v) is 7.26. The molecule has 1 atom stereocenters. The van der Waals surface area contributed by atoms with Crippen molar-refractivity contribution in [3.8, 4) is 5.75 Å². The summed E-state index contributed by atoms with van der Waals surface area (Å²) >= 11 is 0. The fraction of sp³-hybridized carbons (Fsp3) is 0.625. The molecule has 1 N–H and O–H groups in total. The monoisotopic (exact) mass is 245 g/mol. The smallest absolute Gasteiger partial charge is 0.119 e. The second-order valence-electron chi connectivity index (χ2n) is 5.70. The van der Waals surface area contributed by atoms with Crippen LogP contribution in [0.5, 0.6) is 5.75 Å². The van der Waals surface area contributed by atoms with E-state index in [4.69, 9.17) is 4.74 Å². The van der Waals surface area contributed by atoms with Crippen LogP contribution in [-0.4, -0.2) is 13.7 Å². The molecule has 0 bridgehead atoms. The molecule has 3 rings (SSSR count). The molecule has 1 saturated carbocycles. The Morgan fingerprint density at radius 1 is 1.17 bits per heavy atom. The topological polar surface area (TPSA) is 21.3 Å². The normalized spacial score (nSPS) is 24.6. The van der Waals surface area contributed by atoms with E-state index in [0.29, 0.717) is 0 Å². The minimum atomic E-state index is 0.722. The van der Waals surface area contributed by atoms with Crippen LogP contribution in [0.1, 0.15) is 49.1 Å². The van der Waals surface area contributed by atoms with Crippen LogP contribution in [0.15, 0.2) is 18.2 Å². The molecule has 2 heteroatoms. The zero-order chi connectivity index (χ0) is 12.4. The third-order valence-corrected chi connectivity index (χ3v) is 4.65. The predicted octanol–water partition coefficient (Wildman–Crippen LogP) is 3.46. The van der Waals surface area contributed by atoms with E-state index in [1.54, 1.807) is 12.7 Å². The number of nitrogens with one attached hydrogen (secondary N) is 1. The van der Waals surface area contributed by atoms with E-state index in [2.05, 4.69) is 23.5 Å². The first kappa shape index (κ1) is 12.0. The van der Waals surface area contributed by atoms with Crippen LogP contribution in [-0.2, 0) is 6.54 Å². The summed E-state index contributed by atoms with van der Waals surface area (Å²) in [6.45, 7) is 2.15. The quantitative estimate of drug-likeness (QED) is 0.861. The molecule has 1 aromatic rings. The molecule has 2 nitrogen and oxygen atoms in total. The van der Waals surface area contributed by atoms with Crippen molar-refractivity contribution in [2.24, 2.45) is 5.92 Å².